The predicted octanol–water partition coefficient (Wildman–Crippen LogP) is 2.27. The Morgan fingerprint density at radius 2 is 2.05 bits per heavy atom. The molecular weight excluding hydrogens is 254 g/mol. The van der Waals surface area contributed by atoms with E-state index in [4.69, 9.17) is 4.52 Å². The van der Waals surface area contributed by atoms with Crippen LogP contribution < -0.4 is 10.6 Å². The number of aryl methyl sites for hydroxylation is 1. The van der Waals surface area contributed by atoms with E-state index in [0.29, 0.717) is 19.5 Å². The fourth-order valence-electron chi connectivity index (χ4n) is 1.88. The minimum Gasteiger partial charge on any atom is -0.379 e. The molecule has 0 spiro atoms. The monoisotopic (exact) mass is 273 g/mol. The Balaban J connectivity index is 1.86. The van der Waals surface area contributed by atoms with Gasteiger partial charge in [0.1, 0.15) is 11.5 Å². The topological polar surface area (TPSA) is 67.2 Å². The van der Waals surface area contributed by atoms with Gasteiger partial charge >= 0.3 is 0 Å². The van der Waals surface area contributed by atoms with Crippen LogP contribution in [0.4, 0.5) is 5.69 Å². The number of aromatic nitrogens is 1. The summed E-state index contributed by atoms with van der Waals surface area (Å²) < 4.78 is 5.00. The van der Waals surface area contributed by atoms with E-state index in [1.807, 2.05) is 44.2 Å². The molecule has 0 radical (unpaired) electrons. The summed E-state index contributed by atoms with van der Waals surface area (Å²) in [7, 11) is 0. The Bertz CT molecular complexity index is 561. The van der Waals surface area contributed by atoms with Crippen molar-refractivity contribution in [3.8, 4) is 0 Å². The van der Waals surface area contributed by atoms with Crippen molar-refractivity contribution < 1.29 is 9.32 Å². The largest absolute Gasteiger partial charge is 0.379 e. The second-order valence-electron chi connectivity index (χ2n) is 4.61. The lowest BCUT2D eigenvalue weighted by Gasteiger charge is -2.06. The maximum absolute atomic E-state index is 11.5. The van der Waals surface area contributed by atoms with Crippen LogP contribution in [0, 0.1) is 6.92 Å². The molecular formula is C15H19N3O2. The molecule has 0 atom stereocenters. The van der Waals surface area contributed by atoms with E-state index in [1.165, 1.54) is 0 Å². The summed E-state index contributed by atoms with van der Waals surface area (Å²) in [6.07, 6.45) is 0.413. The van der Waals surface area contributed by atoms with E-state index in [2.05, 4.69) is 15.8 Å². The molecule has 0 aliphatic rings. The molecule has 1 amide bonds. The molecule has 0 aliphatic heterocycles. The standard InChI is InChI=1S/C15H19N3O2/c1-3-16-15(19)9-12-4-6-13(7-5-12)17-10-14-8-11(2)20-18-14/h4-8,17H,3,9-10H2,1-2H3,(H,16,19). The zero-order valence-electron chi connectivity index (χ0n) is 11.8. The lowest BCUT2D eigenvalue weighted by Crippen LogP contribution is -2.24. The minimum absolute atomic E-state index is 0.0475. The molecule has 0 unspecified atom stereocenters. The fraction of sp³-hybridized carbons (Fsp3) is 0.333. The number of nitrogens with one attached hydrogen (secondary N) is 2. The highest BCUT2D eigenvalue weighted by molar-refractivity contribution is 5.78. The van der Waals surface area contributed by atoms with Gasteiger partial charge in [0.05, 0.1) is 13.0 Å². The van der Waals surface area contributed by atoms with Gasteiger partial charge in [-0.05, 0) is 31.5 Å². The summed E-state index contributed by atoms with van der Waals surface area (Å²) in [6, 6.07) is 9.72. The van der Waals surface area contributed by atoms with E-state index < -0.39 is 0 Å². The van der Waals surface area contributed by atoms with Crippen molar-refractivity contribution in [1.82, 2.24) is 10.5 Å². The van der Waals surface area contributed by atoms with Gasteiger partial charge < -0.3 is 15.2 Å². The predicted molar refractivity (Wildman–Crippen MR) is 77.4 cm³/mol. The Hall–Kier alpha value is -2.30. The number of anilines is 1. The van der Waals surface area contributed by atoms with Crippen LogP contribution in [0.1, 0.15) is 23.9 Å². The highest BCUT2D eigenvalue weighted by Crippen LogP contribution is 2.12. The van der Waals surface area contributed by atoms with Crippen LogP contribution in [-0.4, -0.2) is 17.6 Å². The van der Waals surface area contributed by atoms with Gasteiger partial charge in [0, 0.05) is 18.3 Å². The highest BCUT2D eigenvalue weighted by atomic mass is 16.5. The second-order valence-corrected chi connectivity index (χ2v) is 4.61. The van der Waals surface area contributed by atoms with Crippen molar-refractivity contribution in [3.63, 3.8) is 0 Å². The van der Waals surface area contributed by atoms with E-state index in [0.717, 1.165) is 22.7 Å². The van der Waals surface area contributed by atoms with Gasteiger partial charge in [-0.2, -0.15) is 0 Å². The number of hydrogen-bond donors (Lipinski definition) is 2. The molecule has 0 fully saturated rings. The van der Waals surface area contributed by atoms with Crippen molar-refractivity contribution in [2.45, 2.75) is 26.8 Å². The molecule has 0 aliphatic carbocycles. The number of amides is 1. The average Bonchev–Trinajstić information content (AvgIpc) is 2.84. The summed E-state index contributed by atoms with van der Waals surface area (Å²) >= 11 is 0. The van der Waals surface area contributed by atoms with Crippen LogP contribution in [0.15, 0.2) is 34.9 Å². The van der Waals surface area contributed by atoms with Crippen LogP contribution in [0.2, 0.25) is 0 Å². The highest BCUT2D eigenvalue weighted by Gasteiger charge is 2.03. The number of rotatable bonds is 6. The van der Waals surface area contributed by atoms with E-state index in [1.54, 1.807) is 0 Å². The number of carbonyl (C=O) groups excluding carboxylic acids is 1. The van der Waals surface area contributed by atoms with Gasteiger partial charge in [0.2, 0.25) is 5.91 Å². The van der Waals surface area contributed by atoms with Crippen LogP contribution >= 0.6 is 0 Å². The van der Waals surface area contributed by atoms with Gasteiger partial charge in [-0.1, -0.05) is 17.3 Å². The third kappa shape index (κ3) is 4.12. The lowest BCUT2D eigenvalue weighted by molar-refractivity contribution is -0.120. The summed E-state index contributed by atoms with van der Waals surface area (Å²) in [5, 5.41) is 9.96. The van der Waals surface area contributed by atoms with Gasteiger partial charge in [0.25, 0.3) is 0 Å². The van der Waals surface area contributed by atoms with Gasteiger partial charge in [0.15, 0.2) is 0 Å². The second kappa shape index (κ2) is 6.75. The number of hydrogen-bond acceptors (Lipinski definition) is 4. The summed E-state index contributed by atoms with van der Waals surface area (Å²) in [4.78, 5) is 11.5. The fourth-order valence-corrected chi connectivity index (χ4v) is 1.88. The first-order valence-corrected chi connectivity index (χ1v) is 6.69. The van der Waals surface area contributed by atoms with Crippen molar-refractivity contribution >= 4 is 11.6 Å². The Labute approximate surface area is 118 Å². The molecule has 2 N–H and O–H groups in total. The van der Waals surface area contributed by atoms with Gasteiger partial charge in [-0.3, -0.25) is 4.79 Å². The number of carbonyl (C=O) groups is 1. The first-order chi connectivity index (χ1) is 9.67. The number of benzene rings is 1. The van der Waals surface area contributed by atoms with Crippen molar-refractivity contribution in [2.24, 2.45) is 0 Å². The van der Waals surface area contributed by atoms with Crippen molar-refractivity contribution in [1.29, 1.82) is 0 Å². The smallest absolute Gasteiger partial charge is 0.224 e. The van der Waals surface area contributed by atoms with Crippen LogP contribution in [-0.2, 0) is 17.8 Å². The molecule has 1 aromatic carbocycles. The molecule has 0 saturated carbocycles. The summed E-state index contributed by atoms with van der Waals surface area (Å²) in [6.45, 7) is 5.06. The molecule has 106 valence electrons. The maximum Gasteiger partial charge on any atom is 0.224 e. The summed E-state index contributed by atoms with van der Waals surface area (Å²) in [5.41, 5.74) is 2.86. The molecule has 5 heteroatoms. The Morgan fingerprint density at radius 1 is 1.30 bits per heavy atom. The third-order valence-corrected chi connectivity index (χ3v) is 2.84. The van der Waals surface area contributed by atoms with Gasteiger partial charge in [-0.25, -0.2) is 0 Å². The zero-order valence-corrected chi connectivity index (χ0v) is 11.8. The number of likely N-dealkylation sites (N-methyl/N-ethyl adjacent to an activating group) is 1. The molecule has 0 bridgehead atoms. The third-order valence-electron chi connectivity index (χ3n) is 2.84. The van der Waals surface area contributed by atoms with Crippen molar-refractivity contribution in [2.75, 3.05) is 11.9 Å². The SMILES string of the molecule is CCNC(=O)Cc1ccc(NCc2cc(C)on2)cc1. The van der Waals surface area contributed by atoms with E-state index in [-0.39, 0.29) is 5.91 Å². The zero-order chi connectivity index (χ0) is 14.4. The molecule has 1 heterocycles. The maximum atomic E-state index is 11.5. The number of nitrogens with zero attached hydrogens (tertiary/aromatic N) is 1. The normalized spacial score (nSPS) is 10.3. The lowest BCUT2D eigenvalue weighted by atomic mass is 10.1. The quantitative estimate of drug-likeness (QED) is 0.847. The molecule has 2 rings (SSSR count). The molecule has 2 aromatic rings. The Kier molecular flexibility index (Phi) is 4.76. The first-order valence-electron chi connectivity index (χ1n) is 6.69. The van der Waals surface area contributed by atoms with E-state index in [9.17, 15) is 4.79 Å². The summed E-state index contributed by atoms with van der Waals surface area (Å²) in [5.74, 6) is 0.852. The van der Waals surface area contributed by atoms with E-state index >= 15 is 0 Å². The molecule has 20 heavy (non-hydrogen) atoms. The van der Waals surface area contributed by atoms with Crippen LogP contribution in [0.3, 0.4) is 0 Å². The first kappa shape index (κ1) is 14.1. The molecule has 0 saturated heterocycles. The average molecular weight is 273 g/mol. The molecule has 5 nitrogen and oxygen atoms in total. The Morgan fingerprint density at radius 3 is 2.65 bits per heavy atom. The van der Waals surface area contributed by atoms with Crippen LogP contribution in [0.25, 0.3) is 0 Å². The van der Waals surface area contributed by atoms with Gasteiger partial charge in [-0.15, -0.1) is 0 Å². The van der Waals surface area contributed by atoms with Crippen molar-refractivity contribution in [3.05, 3.63) is 47.3 Å². The van der Waals surface area contributed by atoms with Crippen LogP contribution in [0.5, 0.6) is 0 Å². The molecule has 1 aromatic heterocycles. The minimum atomic E-state index is 0.0475.